The molecule has 0 amide bonds. The van der Waals surface area contributed by atoms with Crippen LogP contribution < -0.4 is 0 Å². The lowest BCUT2D eigenvalue weighted by Crippen LogP contribution is -1.90. The Kier molecular flexibility index (Phi) is 2.99. The molecule has 0 unspecified atom stereocenters. The predicted molar refractivity (Wildman–Crippen MR) is 59.6 cm³/mol. The smallest absolute Gasteiger partial charge is 0.129 e. The highest BCUT2D eigenvalue weighted by atomic mass is 127. The minimum Gasteiger partial charge on any atom is -0.507 e. The highest BCUT2D eigenvalue weighted by molar-refractivity contribution is 14.1. The predicted octanol–water partition coefficient (Wildman–Crippen LogP) is 3.43. The molecule has 0 saturated carbocycles. The molecule has 1 rings (SSSR count). The first-order chi connectivity index (χ1) is 5.52. The van der Waals surface area contributed by atoms with Gasteiger partial charge < -0.3 is 5.11 Å². The Labute approximate surface area is 86.9 Å². The summed E-state index contributed by atoms with van der Waals surface area (Å²) >= 11 is 2.16. The van der Waals surface area contributed by atoms with E-state index in [1.54, 1.807) is 0 Å². The lowest BCUT2D eigenvalue weighted by atomic mass is 10.0. The zero-order chi connectivity index (χ0) is 9.30. The second-order valence-corrected chi connectivity index (χ2v) is 4.40. The summed E-state index contributed by atoms with van der Waals surface area (Å²) < 4.78 is 0.956. The third kappa shape index (κ3) is 1.91. The van der Waals surface area contributed by atoms with Crippen molar-refractivity contribution in [2.75, 3.05) is 0 Å². The van der Waals surface area contributed by atoms with Gasteiger partial charge in [0.1, 0.15) is 5.75 Å². The Hall–Kier alpha value is -0.250. The quantitative estimate of drug-likeness (QED) is 0.779. The number of hydrogen-bond donors (Lipinski definition) is 1. The zero-order valence-corrected chi connectivity index (χ0v) is 9.71. The topological polar surface area (TPSA) is 20.2 Å². The van der Waals surface area contributed by atoms with Gasteiger partial charge in [-0.3, -0.25) is 0 Å². The molecule has 0 saturated heterocycles. The van der Waals surface area contributed by atoms with Crippen LogP contribution in [0.15, 0.2) is 12.1 Å². The maximum Gasteiger partial charge on any atom is 0.129 e. The van der Waals surface area contributed by atoms with Crippen LogP contribution in [0.5, 0.6) is 5.75 Å². The Morgan fingerprint density at radius 2 is 1.92 bits per heavy atom. The van der Waals surface area contributed by atoms with Crippen LogP contribution in [0.4, 0.5) is 0 Å². The number of benzene rings is 1. The molecule has 12 heavy (non-hydrogen) atoms. The van der Waals surface area contributed by atoms with Crippen LogP contribution in [0.3, 0.4) is 0 Å². The average molecular weight is 276 g/mol. The van der Waals surface area contributed by atoms with E-state index in [1.807, 2.05) is 13.0 Å². The summed E-state index contributed by atoms with van der Waals surface area (Å²) in [7, 11) is 0. The van der Waals surface area contributed by atoms with Gasteiger partial charge in [0.25, 0.3) is 0 Å². The second kappa shape index (κ2) is 3.64. The molecule has 1 nitrogen and oxygen atoms in total. The summed E-state index contributed by atoms with van der Waals surface area (Å²) in [5.41, 5.74) is 2.35. The number of rotatable bonds is 1. The lowest BCUT2D eigenvalue weighted by molar-refractivity contribution is 0.469. The van der Waals surface area contributed by atoms with Crippen LogP contribution in [-0.2, 0) is 0 Å². The summed E-state index contributed by atoms with van der Waals surface area (Å²) in [6.45, 7) is 6.27. The highest BCUT2D eigenvalue weighted by Gasteiger charge is 2.06. The summed E-state index contributed by atoms with van der Waals surface area (Å²) in [5.74, 6) is 0.880. The van der Waals surface area contributed by atoms with E-state index >= 15 is 0 Å². The normalized spacial score (nSPS) is 10.8. The highest BCUT2D eigenvalue weighted by Crippen LogP contribution is 2.27. The largest absolute Gasteiger partial charge is 0.507 e. The molecule has 0 aromatic heterocycles. The molecular formula is C10H13IO. The molecule has 0 atom stereocenters. The van der Waals surface area contributed by atoms with E-state index in [-0.39, 0.29) is 0 Å². The fourth-order valence-corrected chi connectivity index (χ4v) is 1.42. The third-order valence-electron chi connectivity index (χ3n) is 1.92. The van der Waals surface area contributed by atoms with Gasteiger partial charge in [0.2, 0.25) is 0 Å². The SMILES string of the molecule is Cc1cc(C(C)C)cc(O)c1I. The van der Waals surface area contributed by atoms with Crippen molar-refractivity contribution in [1.29, 1.82) is 0 Å². The number of aryl methyl sites for hydroxylation is 1. The van der Waals surface area contributed by atoms with E-state index in [0.717, 1.165) is 9.13 Å². The maximum absolute atomic E-state index is 9.52. The van der Waals surface area contributed by atoms with Crippen molar-refractivity contribution in [3.8, 4) is 5.75 Å². The molecule has 66 valence electrons. The van der Waals surface area contributed by atoms with Gasteiger partial charge in [0.15, 0.2) is 0 Å². The number of phenols is 1. The van der Waals surface area contributed by atoms with Gasteiger partial charge in [-0.05, 0) is 52.6 Å². The first-order valence-electron chi connectivity index (χ1n) is 4.01. The van der Waals surface area contributed by atoms with E-state index in [0.29, 0.717) is 11.7 Å². The number of phenolic OH excluding ortho intramolecular Hbond substituents is 1. The van der Waals surface area contributed by atoms with E-state index < -0.39 is 0 Å². The molecule has 0 spiro atoms. The molecule has 0 bridgehead atoms. The molecule has 0 aliphatic carbocycles. The molecule has 0 aliphatic rings. The van der Waals surface area contributed by atoms with Crippen molar-refractivity contribution in [3.63, 3.8) is 0 Å². The van der Waals surface area contributed by atoms with Crippen molar-refractivity contribution >= 4 is 22.6 Å². The number of halogens is 1. The third-order valence-corrected chi connectivity index (χ3v) is 3.33. The molecule has 1 aromatic carbocycles. The van der Waals surface area contributed by atoms with Crippen molar-refractivity contribution in [2.45, 2.75) is 26.7 Å². The minimum absolute atomic E-state index is 0.402. The summed E-state index contributed by atoms with van der Waals surface area (Å²) in [6.07, 6.45) is 0. The zero-order valence-electron chi connectivity index (χ0n) is 7.56. The first kappa shape index (κ1) is 9.84. The molecular weight excluding hydrogens is 263 g/mol. The Balaban J connectivity index is 3.21. The van der Waals surface area contributed by atoms with Crippen molar-refractivity contribution < 1.29 is 5.11 Å². The van der Waals surface area contributed by atoms with Gasteiger partial charge >= 0.3 is 0 Å². The monoisotopic (exact) mass is 276 g/mol. The molecule has 0 fully saturated rings. The van der Waals surface area contributed by atoms with Crippen molar-refractivity contribution in [2.24, 2.45) is 0 Å². The van der Waals surface area contributed by atoms with Crippen LogP contribution in [-0.4, -0.2) is 5.11 Å². The number of aromatic hydroxyl groups is 1. The van der Waals surface area contributed by atoms with Crippen molar-refractivity contribution in [1.82, 2.24) is 0 Å². The van der Waals surface area contributed by atoms with E-state index in [4.69, 9.17) is 0 Å². The van der Waals surface area contributed by atoms with Crippen molar-refractivity contribution in [3.05, 3.63) is 26.8 Å². The lowest BCUT2D eigenvalue weighted by Gasteiger charge is -2.09. The summed E-state index contributed by atoms with van der Waals surface area (Å²) in [5, 5.41) is 9.52. The van der Waals surface area contributed by atoms with Crippen LogP contribution >= 0.6 is 22.6 Å². The standard InChI is InChI=1S/C10H13IO/c1-6(2)8-4-7(3)10(11)9(12)5-8/h4-6,12H,1-3H3. The second-order valence-electron chi connectivity index (χ2n) is 3.33. The summed E-state index contributed by atoms with van der Waals surface area (Å²) in [6, 6.07) is 3.98. The molecule has 1 N–H and O–H groups in total. The van der Waals surface area contributed by atoms with E-state index in [2.05, 4.69) is 42.5 Å². The Bertz CT molecular complexity index is 269. The molecule has 0 aliphatic heterocycles. The van der Waals surface area contributed by atoms with E-state index in [9.17, 15) is 5.11 Å². The van der Waals surface area contributed by atoms with Gasteiger partial charge in [0.05, 0.1) is 3.57 Å². The number of hydrogen-bond acceptors (Lipinski definition) is 1. The summed E-state index contributed by atoms with van der Waals surface area (Å²) in [4.78, 5) is 0. The van der Waals surface area contributed by atoms with Crippen LogP contribution in [0.25, 0.3) is 0 Å². The van der Waals surface area contributed by atoms with Gasteiger partial charge in [-0.2, -0.15) is 0 Å². The van der Waals surface area contributed by atoms with Crippen LogP contribution in [0, 0.1) is 10.5 Å². The Morgan fingerprint density at radius 1 is 1.33 bits per heavy atom. The van der Waals surface area contributed by atoms with Gasteiger partial charge in [0, 0.05) is 0 Å². The fraction of sp³-hybridized carbons (Fsp3) is 0.400. The van der Waals surface area contributed by atoms with Gasteiger partial charge in [-0.1, -0.05) is 19.9 Å². The molecule has 0 radical (unpaired) electrons. The minimum atomic E-state index is 0.402. The first-order valence-corrected chi connectivity index (χ1v) is 5.09. The van der Waals surface area contributed by atoms with Crippen LogP contribution in [0.2, 0.25) is 0 Å². The fourth-order valence-electron chi connectivity index (χ4n) is 1.11. The molecule has 2 heteroatoms. The van der Waals surface area contributed by atoms with E-state index in [1.165, 1.54) is 5.56 Å². The molecule has 0 heterocycles. The maximum atomic E-state index is 9.52. The average Bonchev–Trinajstić information content (AvgIpc) is 1.99. The Morgan fingerprint density at radius 3 is 2.33 bits per heavy atom. The van der Waals surface area contributed by atoms with Gasteiger partial charge in [-0.15, -0.1) is 0 Å². The van der Waals surface area contributed by atoms with Crippen LogP contribution in [0.1, 0.15) is 30.9 Å². The van der Waals surface area contributed by atoms with Gasteiger partial charge in [-0.25, -0.2) is 0 Å². The molecule has 1 aromatic rings.